The molecule has 0 aliphatic carbocycles. The van der Waals surface area contributed by atoms with E-state index in [0.29, 0.717) is 48.3 Å². The Balaban J connectivity index is 1.34. The van der Waals surface area contributed by atoms with Gasteiger partial charge in [0.15, 0.2) is 0 Å². The fourth-order valence-corrected chi connectivity index (χ4v) is 6.16. The van der Waals surface area contributed by atoms with E-state index in [-0.39, 0.29) is 34.6 Å². The third-order valence-electron chi connectivity index (χ3n) is 6.63. The summed E-state index contributed by atoms with van der Waals surface area (Å²) in [5.41, 5.74) is 1.14. The second-order valence-electron chi connectivity index (χ2n) is 8.85. The van der Waals surface area contributed by atoms with Crippen LogP contribution in [-0.2, 0) is 10.0 Å². The van der Waals surface area contributed by atoms with E-state index in [4.69, 9.17) is 0 Å². The molecule has 13 heteroatoms. The van der Waals surface area contributed by atoms with Crippen molar-refractivity contribution in [1.82, 2.24) is 19.6 Å². The van der Waals surface area contributed by atoms with Gasteiger partial charge in [0, 0.05) is 56.8 Å². The van der Waals surface area contributed by atoms with Crippen molar-refractivity contribution in [3.63, 3.8) is 0 Å². The minimum absolute atomic E-state index is 0.00228. The lowest BCUT2D eigenvalue weighted by Gasteiger charge is -2.32. The Bertz CT molecular complexity index is 1370. The molecule has 2 N–H and O–H groups in total. The van der Waals surface area contributed by atoms with Crippen LogP contribution in [0.15, 0.2) is 47.6 Å². The molecule has 3 aromatic rings. The molecule has 2 fully saturated rings. The van der Waals surface area contributed by atoms with Crippen molar-refractivity contribution in [1.29, 1.82) is 0 Å². The molecule has 3 heterocycles. The Morgan fingerprint density at radius 2 is 1.75 bits per heavy atom. The molecule has 2 aromatic carbocycles. The fourth-order valence-electron chi connectivity index (χ4n) is 4.69. The summed E-state index contributed by atoms with van der Waals surface area (Å²) >= 11 is 0. The second kappa shape index (κ2) is 9.91. The predicted molar refractivity (Wildman–Crippen MR) is 133 cm³/mol. The summed E-state index contributed by atoms with van der Waals surface area (Å²) in [6.07, 6.45) is 2.46. The maximum atomic E-state index is 13.2. The normalized spacial score (nSPS) is 17.9. The molecule has 2 aliphatic heterocycles. The number of aromatic nitrogens is 2. The van der Waals surface area contributed by atoms with Crippen LogP contribution in [0.25, 0.3) is 10.9 Å². The zero-order chi connectivity index (χ0) is 25.3. The van der Waals surface area contributed by atoms with Crippen LogP contribution in [0.2, 0.25) is 0 Å². The van der Waals surface area contributed by atoms with Crippen LogP contribution in [0.3, 0.4) is 0 Å². The van der Waals surface area contributed by atoms with Crippen molar-refractivity contribution in [3.05, 3.63) is 58.7 Å². The number of halogens is 1. The van der Waals surface area contributed by atoms with Gasteiger partial charge >= 0.3 is 0 Å². The summed E-state index contributed by atoms with van der Waals surface area (Å²) < 4.78 is 40.4. The molecule has 0 amide bonds. The van der Waals surface area contributed by atoms with Crippen molar-refractivity contribution in [2.75, 3.05) is 49.5 Å². The topological polar surface area (TPSA) is 134 Å². The summed E-state index contributed by atoms with van der Waals surface area (Å²) in [5, 5.41) is 19.0. The summed E-state index contributed by atoms with van der Waals surface area (Å²) in [7, 11) is -3.71. The Hall–Kier alpha value is -3.42. The highest BCUT2D eigenvalue weighted by molar-refractivity contribution is 7.89. The smallest absolute Gasteiger partial charge is 0.293 e. The van der Waals surface area contributed by atoms with Gasteiger partial charge in [-0.25, -0.2) is 22.8 Å². The van der Waals surface area contributed by atoms with E-state index in [0.717, 1.165) is 25.2 Å². The van der Waals surface area contributed by atoms with Gasteiger partial charge in [0.25, 0.3) is 5.69 Å². The molecule has 2 aliphatic rings. The van der Waals surface area contributed by atoms with E-state index in [9.17, 15) is 22.9 Å². The molecule has 2 saturated heterocycles. The molecular formula is C23H26FN7O4S. The van der Waals surface area contributed by atoms with E-state index in [1.807, 2.05) is 4.90 Å². The number of hydrogen-bond donors (Lipinski definition) is 2. The SMILES string of the molecule is O=[N+]([O-])c1cc2c(NC3CCN(S(=O)(=O)c4ccc(F)cc4)CC3)ncnc2cc1N1CCNCC1. The van der Waals surface area contributed by atoms with Crippen LogP contribution >= 0.6 is 0 Å². The zero-order valence-corrected chi connectivity index (χ0v) is 20.2. The summed E-state index contributed by atoms with van der Waals surface area (Å²) in [6, 6.07) is 7.98. The minimum Gasteiger partial charge on any atom is -0.367 e. The van der Waals surface area contributed by atoms with Crippen LogP contribution in [0.4, 0.5) is 21.6 Å². The predicted octanol–water partition coefficient (Wildman–Crippen LogP) is 2.35. The number of nitrogens with zero attached hydrogens (tertiary/aromatic N) is 5. The van der Waals surface area contributed by atoms with Gasteiger partial charge in [-0.1, -0.05) is 0 Å². The molecule has 5 rings (SSSR count). The monoisotopic (exact) mass is 515 g/mol. The maximum absolute atomic E-state index is 13.2. The fraction of sp³-hybridized carbons (Fsp3) is 0.391. The van der Waals surface area contributed by atoms with Crippen molar-refractivity contribution in [3.8, 4) is 0 Å². The molecule has 190 valence electrons. The highest BCUT2D eigenvalue weighted by Crippen LogP contribution is 2.35. The molecular weight excluding hydrogens is 489 g/mol. The van der Waals surface area contributed by atoms with E-state index in [1.54, 1.807) is 6.07 Å². The summed E-state index contributed by atoms with van der Waals surface area (Å²) in [6.45, 7) is 3.41. The van der Waals surface area contributed by atoms with Crippen molar-refractivity contribution < 1.29 is 17.7 Å². The van der Waals surface area contributed by atoms with Gasteiger partial charge in [0.1, 0.15) is 23.6 Å². The highest BCUT2D eigenvalue weighted by atomic mass is 32.2. The van der Waals surface area contributed by atoms with Crippen LogP contribution < -0.4 is 15.5 Å². The van der Waals surface area contributed by atoms with Gasteiger partial charge in [-0.3, -0.25) is 10.1 Å². The van der Waals surface area contributed by atoms with Crippen molar-refractivity contribution in [2.24, 2.45) is 0 Å². The van der Waals surface area contributed by atoms with Crippen LogP contribution in [0.1, 0.15) is 12.8 Å². The highest BCUT2D eigenvalue weighted by Gasteiger charge is 2.30. The van der Waals surface area contributed by atoms with E-state index in [2.05, 4.69) is 20.6 Å². The number of nitrogens with one attached hydrogen (secondary N) is 2. The summed E-state index contributed by atoms with van der Waals surface area (Å²) in [5.74, 6) is -0.0102. The third kappa shape index (κ3) is 4.81. The Kier molecular flexibility index (Phi) is 6.69. The first-order valence-corrected chi connectivity index (χ1v) is 13.2. The molecule has 0 bridgehead atoms. The molecule has 0 spiro atoms. The first-order chi connectivity index (χ1) is 17.3. The van der Waals surface area contributed by atoms with Crippen molar-refractivity contribution >= 4 is 38.1 Å². The van der Waals surface area contributed by atoms with Gasteiger partial charge in [0.05, 0.1) is 15.3 Å². The summed E-state index contributed by atoms with van der Waals surface area (Å²) in [4.78, 5) is 22.2. The largest absolute Gasteiger partial charge is 0.367 e. The molecule has 1 aromatic heterocycles. The molecule has 0 saturated carbocycles. The zero-order valence-electron chi connectivity index (χ0n) is 19.4. The number of nitro groups is 1. The Morgan fingerprint density at radius 3 is 2.42 bits per heavy atom. The Morgan fingerprint density at radius 1 is 1.06 bits per heavy atom. The maximum Gasteiger partial charge on any atom is 0.293 e. The lowest BCUT2D eigenvalue weighted by molar-refractivity contribution is -0.384. The minimum atomic E-state index is -3.71. The van der Waals surface area contributed by atoms with Crippen LogP contribution in [0.5, 0.6) is 0 Å². The number of anilines is 2. The number of benzene rings is 2. The quantitative estimate of drug-likeness (QED) is 0.375. The average Bonchev–Trinajstić information content (AvgIpc) is 2.89. The van der Waals surface area contributed by atoms with Crippen LogP contribution in [-0.4, -0.2) is 72.9 Å². The van der Waals surface area contributed by atoms with Crippen LogP contribution in [0, 0.1) is 15.9 Å². The first kappa shape index (κ1) is 24.3. The van der Waals surface area contributed by atoms with E-state index in [1.165, 1.54) is 28.8 Å². The number of piperazine rings is 1. The Labute approximate surface area is 207 Å². The van der Waals surface area contributed by atoms with E-state index >= 15 is 0 Å². The molecule has 0 unspecified atom stereocenters. The molecule has 11 nitrogen and oxygen atoms in total. The standard InChI is InChI=1S/C23H26FN7O4S/c24-16-1-3-18(4-2-16)36(34,35)30-9-5-17(6-10-30)28-23-19-13-22(31(32)33)21(14-20(19)26-15-27-23)29-11-7-25-8-12-29/h1-4,13-15,17,25H,5-12H2,(H,26,27,28). The van der Waals surface area contributed by atoms with E-state index < -0.39 is 15.8 Å². The van der Waals surface area contributed by atoms with Gasteiger partial charge in [-0.15, -0.1) is 0 Å². The van der Waals surface area contributed by atoms with Gasteiger partial charge < -0.3 is 15.5 Å². The first-order valence-electron chi connectivity index (χ1n) is 11.7. The number of sulfonamides is 1. The number of hydrogen-bond acceptors (Lipinski definition) is 9. The second-order valence-corrected chi connectivity index (χ2v) is 10.8. The number of piperidine rings is 1. The van der Waals surface area contributed by atoms with Crippen molar-refractivity contribution in [2.45, 2.75) is 23.8 Å². The lowest BCUT2D eigenvalue weighted by atomic mass is 10.1. The van der Waals surface area contributed by atoms with Gasteiger partial charge in [-0.2, -0.15) is 4.31 Å². The lowest BCUT2D eigenvalue weighted by Crippen LogP contribution is -2.43. The number of nitro benzene ring substituents is 1. The molecule has 0 radical (unpaired) electrons. The molecule has 0 atom stereocenters. The average molecular weight is 516 g/mol. The van der Waals surface area contributed by atoms with Gasteiger partial charge in [-0.05, 0) is 43.2 Å². The molecule has 36 heavy (non-hydrogen) atoms. The number of fused-ring (bicyclic) bond motifs is 1. The number of rotatable bonds is 6. The third-order valence-corrected chi connectivity index (χ3v) is 8.55. The van der Waals surface area contributed by atoms with Gasteiger partial charge in [0.2, 0.25) is 10.0 Å².